The second-order valence-corrected chi connectivity index (χ2v) is 5.37. The highest BCUT2D eigenvalue weighted by atomic mass is 79.9. The lowest BCUT2D eigenvalue weighted by Crippen LogP contribution is -2.30. The zero-order valence-corrected chi connectivity index (χ0v) is 12.7. The van der Waals surface area contributed by atoms with Gasteiger partial charge in [0.2, 0.25) is 0 Å². The standard InChI is InChI=1S/C15H14BrN2S/c16-13-6-4-5-12(11-13)9-10-17-15(19)18-14-7-2-1-3-8-14/h2-8,11H,9-10H2,(H2,17,18,19). The van der Waals surface area contributed by atoms with Crippen molar-refractivity contribution in [1.82, 2.24) is 5.32 Å². The van der Waals surface area contributed by atoms with E-state index in [9.17, 15) is 0 Å². The van der Waals surface area contributed by atoms with Crippen LogP contribution in [0.15, 0.2) is 53.0 Å². The number of hydrogen-bond donors (Lipinski definition) is 2. The summed E-state index contributed by atoms with van der Waals surface area (Å²) in [7, 11) is 0. The van der Waals surface area contributed by atoms with Crippen LogP contribution in [-0.4, -0.2) is 11.7 Å². The molecular weight excluding hydrogens is 320 g/mol. The number of anilines is 1. The lowest BCUT2D eigenvalue weighted by Gasteiger charge is -2.10. The minimum atomic E-state index is 0.640. The highest BCUT2D eigenvalue weighted by Gasteiger charge is 1.98. The van der Waals surface area contributed by atoms with E-state index in [1.54, 1.807) is 0 Å². The molecule has 2 aromatic rings. The Balaban J connectivity index is 1.75. The van der Waals surface area contributed by atoms with Gasteiger partial charge < -0.3 is 10.6 Å². The number of rotatable bonds is 4. The van der Waals surface area contributed by atoms with Gasteiger partial charge >= 0.3 is 0 Å². The first-order chi connectivity index (χ1) is 9.24. The Labute approximate surface area is 127 Å². The van der Waals surface area contributed by atoms with Crippen LogP contribution < -0.4 is 10.6 Å². The third-order valence-electron chi connectivity index (χ3n) is 2.56. The molecular formula is C15H14BrN2S. The summed E-state index contributed by atoms with van der Waals surface area (Å²) in [5.74, 6) is 0. The van der Waals surface area contributed by atoms with E-state index in [0.29, 0.717) is 5.11 Å². The third kappa shape index (κ3) is 5.01. The molecule has 97 valence electrons. The number of halogens is 1. The zero-order chi connectivity index (χ0) is 13.5. The van der Waals surface area contributed by atoms with Gasteiger partial charge in [-0.2, -0.15) is 0 Å². The highest BCUT2D eigenvalue weighted by Crippen LogP contribution is 2.11. The van der Waals surface area contributed by atoms with Crippen molar-refractivity contribution in [2.45, 2.75) is 6.42 Å². The second-order valence-electron chi connectivity index (χ2n) is 4.05. The monoisotopic (exact) mass is 333 g/mol. The molecule has 2 aromatic carbocycles. The molecule has 0 saturated carbocycles. The Morgan fingerprint density at radius 1 is 1.21 bits per heavy atom. The van der Waals surface area contributed by atoms with Gasteiger partial charge in [-0.1, -0.05) is 40.2 Å². The van der Waals surface area contributed by atoms with Crippen LogP contribution in [0.2, 0.25) is 0 Å². The predicted molar refractivity (Wildman–Crippen MR) is 87.3 cm³/mol. The number of benzene rings is 2. The van der Waals surface area contributed by atoms with Crippen LogP contribution in [0.1, 0.15) is 5.56 Å². The fourth-order valence-corrected chi connectivity index (χ4v) is 2.32. The van der Waals surface area contributed by atoms with Gasteiger partial charge in [-0.15, -0.1) is 0 Å². The van der Waals surface area contributed by atoms with Gasteiger partial charge in [0.05, 0.1) is 0 Å². The van der Waals surface area contributed by atoms with E-state index in [0.717, 1.165) is 23.1 Å². The molecule has 0 aliphatic rings. The van der Waals surface area contributed by atoms with Crippen molar-refractivity contribution in [1.29, 1.82) is 0 Å². The average molecular weight is 334 g/mol. The fourth-order valence-electron chi connectivity index (χ4n) is 1.66. The topological polar surface area (TPSA) is 24.1 Å². The first kappa shape index (κ1) is 14.0. The van der Waals surface area contributed by atoms with Crippen molar-refractivity contribution >= 4 is 38.9 Å². The highest BCUT2D eigenvalue weighted by molar-refractivity contribution is 9.10. The number of hydrogen-bond acceptors (Lipinski definition) is 1. The number of thiocarbonyl (C=S) groups is 1. The van der Waals surface area contributed by atoms with Gasteiger partial charge in [0, 0.05) is 16.7 Å². The number of nitrogens with one attached hydrogen (secondary N) is 2. The molecule has 0 spiro atoms. The van der Waals surface area contributed by atoms with Crippen LogP contribution in [0.5, 0.6) is 0 Å². The Hall–Kier alpha value is -1.39. The van der Waals surface area contributed by atoms with E-state index < -0.39 is 0 Å². The van der Waals surface area contributed by atoms with E-state index in [2.05, 4.69) is 44.8 Å². The van der Waals surface area contributed by atoms with Gasteiger partial charge in [-0.3, -0.25) is 0 Å². The first-order valence-corrected chi connectivity index (χ1v) is 7.19. The van der Waals surface area contributed by atoms with Crippen molar-refractivity contribution in [3.05, 3.63) is 64.6 Å². The molecule has 0 amide bonds. The molecule has 0 fully saturated rings. The molecule has 0 heterocycles. The summed E-state index contributed by atoms with van der Waals surface area (Å²) in [5, 5.41) is 6.96. The van der Waals surface area contributed by atoms with E-state index in [1.165, 1.54) is 5.56 Å². The Kier molecular flexibility index (Phi) is 5.36. The van der Waals surface area contributed by atoms with Gasteiger partial charge in [0.1, 0.15) is 0 Å². The molecule has 1 radical (unpaired) electrons. The van der Waals surface area contributed by atoms with Crippen LogP contribution in [-0.2, 0) is 6.42 Å². The van der Waals surface area contributed by atoms with E-state index >= 15 is 0 Å². The molecule has 0 atom stereocenters. The van der Waals surface area contributed by atoms with Crippen LogP contribution in [0.25, 0.3) is 0 Å². The molecule has 2 N–H and O–H groups in total. The second kappa shape index (κ2) is 7.26. The van der Waals surface area contributed by atoms with E-state index in [-0.39, 0.29) is 0 Å². The fraction of sp³-hybridized carbons (Fsp3) is 0.133. The molecule has 0 unspecified atom stereocenters. The summed E-state index contributed by atoms with van der Waals surface area (Å²) in [6, 6.07) is 18.8. The largest absolute Gasteiger partial charge is 0.362 e. The Morgan fingerprint density at radius 3 is 2.74 bits per heavy atom. The van der Waals surface area contributed by atoms with Crippen molar-refractivity contribution < 1.29 is 0 Å². The van der Waals surface area contributed by atoms with Crippen LogP contribution in [0.3, 0.4) is 0 Å². The maximum Gasteiger partial charge on any atom is 0.170 e. The molecule has 4 heteroatoms. The van der Waals surface area contributed by atoms with Crippen LogP contribution in [0, 0.1) is 6.07 Å². The quantitative estimate of drug-likeness (QED) is 0.832. The van der Waals surface area contributed by atoms with Crippen molar-refractivity contribution in [3.63, 3.8) is 0 Å². The maximum absolute atomic E-state index is 5.24. The van der Waals surface area contributed by atoms with Crippen LogP contribution >= 0.6 is 28.1 Å². The Morgan fingerprint density at radius 2 is 2.00 bits per heavy atom. The molecule has 0 bridgehead atoms. The minimum Gasteiger partial charge on any atom is -0.362 e. The average Bonchev–Trinajstić information content (AvgIpc) is 2.40. The van der Waals surface area contributed by atoms with Crippen molar-refractivity contribution in [3.8, 4) is 0 Å². The smallest absolute Gasteiger partial charge is 0.170 e. The molecule has 0 aromatic heterocycles. The summed E-state index contributed by atoms with van der Waals surface area (Å²) in [6.07, 6.45) is 0.934. The van der Waals surface area contributed by atoms with Crippen molar-refractivity contribution in [2.24, 2.45) is 0 Å². The van der Waals surface area contributed by atoms with E-state index in [1.807, 2.05) is 36.4 Å². The molecule has 2 nitrogen and oxygen atoms in total. The molecule has 0 saturated heterocycles. The molecule has 0 aliphatic heterocycles. The van der Waals surface area contributed by atoms with Crippen LogP contribution in [0.4, 0.5) is 5.69 Å². The molecule has 0 aliphatic carbocycles. The normalized spacial score (nSPS) is 9.95. The SMILES string of the molecule is S=C(NCCc1cccc(Br)c1)Nc1cc[c]cc1. The zero-order valence-electron chi connectivity index (χ0n) is 10.3. The first-order valence-electron chi connectivity index (χ1n) is 5.99. The lowest BCUT2D eigenvalue weighted by molar-refractivity contribution is 0.873. The van der Waals surface area contributed by atoms with Gasteiger partial charge in [-0.25, -0.2) is 0 Å². The van der Waals surface area contributed by atoms with E-state index in [4.69, 9.17) is 12.2 Å². The summed E-state index contributed by atoms with van der Waals surface area (Å²) in [5.41, 5.74) is 2.25. The minimum absolute atomic E-state index is 0.640. The van der Waals surface area contributed by atoms with Crippen molar-refractivity contribution in [2.75, 3.05) is 11.9 Å². The summed E-state index contributed by atoms with van der Waals surface area (Å²) in [6.45, 7) is 0.807. The van der Waals surface area contributed by atoms with Gasteiger partial charge in [0.15, 0.2) is 5.11 Å². The van der Waals surface area contributed by atoms with Gasteiger partial charge in [-0.05, 0) is 54.5 Å². The summed E-state index contributed by atoms with van der Waals surface area (Å²) < 4.78 is 1.10. The summed E-state index contributed by atoms with van der Waals surface area (Å²) >= 11 is 8.70. The summed E-state index contributed by atoms with van der Waals surface area (Å²) in [4.78, 5) is 0. The third-order valence-corrected chi connectivity index (χ3v) is 3.30. The lowest BCUT2D eigenvalue weighted by atomic mass is 10.1. The molecule has 19 heavy (non-hydrogen) atoms. The molecule has 2 rings (SSSR count). The predicted octanol–water partition coefficient (Wildman–Crippen LogP) is 3.78. The Bertz CT molecular complexity index is 543. The van der Waals surface area contributed by atoms with Gasteiger partial charge in [0.25, 0.3) is 0 Å². The maximum atomic E-state index is 5.24.